The molecule has 0 aliphatic carbocycles. The number of carboxylic acid groups (broad SMARTS) is 1. The first kappa shape index (κ1) is 14.5. The van der Waals surface area contributed by atoms with Crippen LogP contribution in [0.5, 0.6) is 0 Å². The quantitative estimate of drug-likeness (QED) is 0.713. The molecule has 1 aliphatic rings. The summed E-state index contributed by atoms with van der Waals surface area (Å²) in [6, 6.07) is 0.336. The molecular weight excluding hydrogens is 216 g/mol. The van der Waals surface area contributed by atoms with Gasteiger partial charge in [0, 0.05) is 6.04 Å². The SMILES string of the molecule is CCCNC(C)(CC(C)N1CCCC1)C(=O)O. The van der Waals surface area contributed by atoms with Crippen LogP contribution in [-0.2, 0) is 4.79 Å². The number of hydrogen-bond acceptors (Lipinski definition) is 3. The van der Waals surface area contributed by atoms with E-state index in [1.807, 2.05) is 0 Å². The minimum Gasteiger partial charge on any atom is -0.480 e. The third-order valence-corrected chi connectivity index (χ3v) is 3.70. The van der Waals surface area contributed by atoms with Gasteiger partial charge < -0.3 is 15.3 Å². The Balaban J connectivity index is 2.55. The molecule has 0 aromatic heterocycles. The molecule has 0 saturated carbocycles. The second-order valence-electron chi connectivity index (χ2n) is 5.36. The van der Waals surface area contributed by atoms with Crippen molar-refractivity contribution in [2.45, 2.75) is 58.0 Å². The Bertz CT molecular complexity index is 252. The van der Waals surface area contributed by atoms with Gasteiger partial charge in [0.05, 0.1) is 0 Å². The zero-order valence-corrected chi connectivity index (χ0v) is 11.3. The van der Waals surface area contributed by atoms with Gasteiger partial charge in [-0.25, -0.2) is 0 Å². The smallest absolute Gasteiger partial charge is 0.323 e. The molecule has 1 aliphatic heterocycles. The molecule has 1 heterocycles. The van der Waals surface area contributed by atoms with Crippen molar-refractivity contribution >= 4 is 5.97 Å². The number of carboxylic acids is 1. The summed E-state index contributed by atoms with van der Waals surface area (Å²) >= 11 is 0. The van der Waals surface area contributed by atoms with E-state index in [0.717, 1.165) is 26.1 Å². The standard InChI is InChI=1S/C13H26N2O2/c1-4-7-14-13(3,12(16)17)10-11(2)15-8-5-6-9-15/h11,14H,4-10H2,1-3H3,(H,16,17). The minimum atomic E-state index is -0.794. The average molecular weight is 242 g/mol. The molecular formula is C13H26N2O2. The largest absolute Gasteiger partial charge is 0.480 e. The number of nitrogens with one attached hydrogen (secondary N) is 1. The van der Waals surface area contributed by atoms with Crippen LogP contribution in [0.1, 0.15) is 46.5 Å². The molecule has 0 bridgehead atoms. The fourth-order valence-corrected chi connectivity index (χ4v) is 2.54. The lowest BCUT2D eigenvalue weighted by Crippen LogP contribution is -2.53. The van der Waals surface area contributed by atoms with Crippen molar-refractivity contribution in [3.8, 4) is 0 Å². The number of carbonyl (C=O) groups is 1. The van der Waals surface area contributed by atoms with Crippen LogP contribution in [-0.4, -0.2) is 47.2 Å². The predicted octanol–water partition coefficient (Wildman–Crippen LogP) is 1.70. The summed E-state index contributed by atoms with van der Waals surface area (Å²) in [6.07, 6.45) is 4.12. The second-order valence-corrected chi connectivity index (χ2v) is 5.36. The molecule has 1 saturated heterocycles. The number of nitrogens with zero attached hydrogens (tertiary/aromatic N) is 1. The lowest BCUT2D eigenvalue weighted by atomic mass is 9.93. The molecule has 1 fully saturated rings. The molecule has 0 amide bonds. The summed E-state index contributed by atoms with van der Waals surface area (Å²) in [5, 5.41) is 12.5. The lowest BCUT2D eigenvalue weighted by Gasteiger charge is -2.33. The van der Waals surface area contributed by atoms with Crippen LogP contribution in [0, 0.1) is 0 Å². The van der Waals surface area contributed by atoms with Crippen molar-refractivity contribution in [3.05, 3.63) is 0 Å². The molecule has 0 aromatic rings. The Hall–Kier alpha value is -0.610. The summed E-state index contributed by atoms with van der Waals surface area (Å²) in [7, 11) is 0. The van der Waals surface area contributed by atoms with Crippen molar-refractivity contribution < 1.29 is 9.90 Å². The van der Waals surface area contributed by atoms with Crippen LogP contribution in [0.25, 0.3) is 0 Å². The van der Waals surface area contributed by atoms with Crippen LogP contribution < -0.4 is 5.32 Å². The molecule has 0 radical (unpaired) electrons. The van der Waals surface area contributed by atoms with E-state index >= 15 is 0 Å². The van der Waals surface area contributed by atoms with Crippen LogP contribution >= 0.6 is 0 Å². The summed E-state index contributed by atoms with van der Waals surface area (Å²) in [5.41, 5.74) is -0.794. The Morgan fingerprint density at radius 3 is 2.53 bits per heavy atom. The van der Waals surface area contributed by atoms with E-state index in [2.05, 4.69) is 24.1 Å². The maximum Gasteiger partial charge on any atom is 0.323 e. The molecule has 100 valence electrons. The molecule has 4 heteroatoms. The summed E-state index contributed by atoms with van der Waals surface area (Å²) < 4.78 is 0. The topological polar surface area (TPSA) is 52.6 Å². The highest BCUT2D eigenvalue weighted by Gasteiger charge is 2.35. The molecule has 0 spiro atoms. The van der Waals surface area contributed by atoms with Gasteiger partial charge in [-0.05, 0) is 59.2 Å². The zero-order valence-electron chi connectivity index (χ0n) is 11.3. The van der Waals surface area contributed by atoms with Gasteiger partial charge in [-0.1, -0.05) is 6.92 Å². The molecule has 2 N–H and O–H groups in total. The van der Waals surface area contributed by atoms with E-state index in [4.69, 9.17) is 0 Å². The highest BCUT2D eigenvalue weighted by atomic mass is 16.4. The van der Waals surface area contributed by atoms with Crippen molar-refractivity contribution in [1.29, 1.82) is 0 Å². The maximum absolute atomic E-state index is 11.4. The van der Waals surface area contributed by atoms with Crippen LogP contribution in [0.4, 0.5) is 0 Å². The number of likely N-dealkylation sites (tertiary alicyclic amines) is 1. The van der Waals surface area contributed by atoms with Gasteiger partial charge in [0.15, 0.2) is 0 Å². The Labute approximate surface area is 104 Å². The van der Waals surface area contributed by atoms with E-state index in [1.165, 1.54) is 12.8 Å². The Kier molecular flexibility index (Phi) is 5.40. The van der Waals surface area contributed by atoms with E-state index in [-0.39, 0.29) is 0 Å². The fraction of sp³-hybridized carbons (Fsp3) is 0.923. The summed E-state index contributed by atoms with van der Waals surface area (Å²) in [6.45, 7) is 8.99. The molecule has 2 atom stereocenters. The van der Waals surface area contributed by atoms with E-state index < -0.39 is 11.5 Å². The first-order chi connectivity index (χ1) is 7.99. The van der Waals surface area contributed by atoms with Crippen molar-refractivity contribution in [1.82, 2.24) is 10.2 Å². The molecule has 17 heavy (non-hydrogen) atoms. The van der Waals surface area contributed by atoms with Gasteiger partial charge in [0.1, 0.15) is 5.54 Å². The highest BCUT2D eigenvalue weighted by Crippen LogP contribution is 2.20. The molecule has 4 nitrogen and oxygen atoms in total. The average Bonchev–Trinajstić information content (AvgIpc) is 2.79. The zero-order chi connectivity index (χ0) is 12.9. The van der Waals surface area contributed by atoms with Gasteiger partial charge in [0.2, 0.25) is 0 Å². The van der Waals surface area contributed by atoms with Gasteiger partial charge in [-0.15, -0.1) is 0 Å². The molecule has 2 unspecified atom stereocenters. The highest BCUT2D eigenvalue weighted by molar-refractivity contribution is 5.78. The van der Waals surface area contributed by atoms with E-state index in [9.17, 15) is 9.90 Å². The number of hydrogen-bond donors (Lipinski definition) is 2. The lowest BCUT2D eigenvalue weighted by molar-refractivity contribution is -0.145. The fourth-order valence-electron chi connectivity index (χ4n) is 2.54. The molecule has 1 rings (SSSR count). The van der Waals surface area contributed by atoms with Crippen molar-refractivity contribution in [2.24, 2.45) is 0 Å². The number of rotatable bonds is 7. The van der Waals surface area contributed by atoms with Crippen LogP contribution in [0.15, 0.2) is 0 Å². The first-order valence-corrected chi connectivity index (χ1v) is 6.72. The Morgan fingerprint density at radius 2 is 2.06 bits per heavy atom. The summed E-state index contributed by atoms with van der Waals surface area (Å²) in [4.78, 5) is 13.8. The molecule has 0 aromatic carbocycles. The van der Waals surface area contributed by atoms with Gasteiger partial charge in [0.25, 0.3) is 0 Å². The van der Waals surface area contributed by atoms with Gasteiger partial charge in [-0.2, -0.15) is 0 Å². The summed E-state index contributed by atoms with van der Waals surface area (Å²) in [5.74, 6) is -0.739. The normalized spacial score (nSPS) is 22.3. The van der Waals surface area contributed by atoms with E-state index in [1.54, 1.807) is 6.92 Å². The predicted molar refractivity (Wildman–Crippen MR) is 69.2 cm³/mol. The minimum absolute atomic E-state index is 0.336. The van der Waals surface area contributed by atoms with Crippen LogP contribution in [0.2, 0.25) is 0 Å². The van der Waals surface area contributed by atoms with Crippen LogP contribution in [0.3, 0.4) is 0 Å². The van der Waals surface area contributed by atoms with E-state index in [0.29, 0.717) is 12.5 Å². The number of aliphatic carboxylic acids is 1. The maximum atomic E-state index is 11.4. The first-order valence-electron chi connectivity index (χ1n) is 6.72. The van der Waals surface area contributed by atoms with Gasteiger partial charge >= 0.3 is 5.97 Å². The third-order valence-electron chi connectivity index (χ3n) is 3.70. The third kappa shape index (κ3) is 3.96. The monoisotopic (exact) mass is 242 g/mol. The van der Waals surface area contributed by atoms with Gasteiger partial charge in [-0.3, -0.25) is 4.79 Å². The van der Waals surface area contributed by atoms with Crippen molar-refractivity contribution in [3.63, 3.8) is 0 Å². The second kappa shape index (κ2) is 6.36. The Morgan fingerprint density at radius 1 is 1.47 bits per heavy atom. The van der Waals surface area contributed by atoms with Crippen molar-refractivity contribution in [2.75, 3.05) is 19.6 Å².